The van der Waals surface area contributed by atoms with Crippen molar-refractivity contribution in [3.05, 3.63) is 260 Å². The molecule has 0 saturated carbocycles. The summed E-state index contributed by atoms with van der Waals surface area (Å²) in [5, 5.41) is 2.55. The molecule has 1 aliphatic heterocycles. The number of para-hydroxylation sites is 2. The summed E-state index contributed by atoms with van der Waals surface area (Å²) in [5.74, 6) is 7.06. The third kappa shape index (κ3) is 7.24. The molecule has 0 bridgehead atoms. The second kappa shape index (κ2) is 16.8. The number of benzene rings is 10. The minimum Gasteiger partial charge on any atom is -0.326 e. The van der Waals surface area contributed by atoms with E-state index < -0.39 is 0 Å². The average Bonchev–Trinajstić information content (AvgIpc) is 3.94. The van der Waals surface area contributed by atoms with Crippen molar-refractivity contribution in [1.29, 1.82) is 0 Å². The van der Waals surface area contributed by atoms with E-state index >= 15 is 0 Å². The lowest BCUT2D eigenvalue weighted by Gasteiger charge is -2.27. The fourth-order valence-electron chi connectivity index (χ4n) is 10.7. The van der Waals surface area contributed by atoms with Crippen LogP contribution in [0.5, 0.6) is 0 Å². The van der Waals surface area contributed by atoms with E-state index in [4.69, 9.17) is 0 Å². The lowest BCUT2D eigenvalue weighted by molar-refractivity contribution is 0.769. The highest BCUT2D eigenvalue weighted by atomic mass is 15.2. The van der Waals surface area contributed by atoms with Crippen molar-refractivity contribution in [1.82, 2.24) is 4.57 Å². The van der Waals surface area contributed by atoms with Gasteiger partial charge in [0.2, 0.25) is 0 Å². The summed E-state index contributed by atoms with van der Waals surface area (Å²) in [6, 6.07) is 86.8. The Morgan fingerprint density at radius 1 is 0.362 bits per heavy atom. The molecule has 1 aromatic heterocycles. The molecule has 10 aromatic carbocycles. The van der Waals surface area contributed by atoms with Gasteiger partial charge in [0.1, 0.15) is 6.04 Å². The third-order valence-corrected chi connectivity index (χ3v) is 14.3. The van der Waals surface area contributed by atoms with E-state index in [9.17, 15) is 0 Å². The van der Waals surface area contributed by atoms with Gasteiger partial charge in [-0.3, -0.25) is 0 Å². The molecule has 2 atom stereocenters. The minimum atomic E-state index is 0.0336. The second-order valence-corrected chi connectivity index (χ2v) is 18.4. The number of nitrogens with zero attached hydrogens (tertiary/aromatic N) is 2. The van der Waals surface area contributed by atoms with Crippen molar-refractivity contribution in [2.45, 2.75) is 18.9 Å². The standard InChI is InChI=1S/C67H46N2/c1-45-23-25-48(26-24-45)53-13-9-14-54(42-53)55-15-10-16-56(43-55)57-35-40-67-63(44-57)62-19-4-7-22-66(62)69(67)59-38-33-50(34-39-59)52-12-8-11-51(41-52)49-29-27-46(28-30-49)47-31-36-58(37-32-47)68-64-20-5-2-17-60(64)61-18-3-6-21-65(61)68/h2-6,8-21,23-44,62,66H,1H3. The number of aromatic nitrogens is 1. The number of hydrogen-bond donors (Lipinski definition) is 0. The smallest absolute Gasteiger partial charge is 0.106 e. The highest BCUT2D eigenvalue weighted by molar-refractivity contribution is 6.09. The fourth-order valence-corrected chi connectivity index (χ4v) is 10.7. The zero-order chi connectivity index (χ0) is 45.8. The molecule has 13 rings (SSSR count). The summed E-state index contributed by atoms with van der Waals surface area (Å²) >= 11 is 0. The SMILES string of the molecule is Cc1ccc(-c2cccc(-c3cccc(-c4ccc5c(c4)C4C=CC#CC4N5c4ccc(-c5cccc(-c6ccc(-c7ccc(-n8c9ccccc9c9ccccc98)cc7)cc6)c5)cc4)c3)c2)cc1. The van der Waals surface area contributed by atoms with E-state index in [2.05, 4.69) is 271 Å². The first-order chi connectivity index (χ1) is 34.1. The first kappa shape index (κ1) is 40.4. The lowest BCUT2D eigenvalue weighted by atomic mass is 9.90. The molecule has 2 nitrogen and oxygen atoms in total. The normalized spacial score (nSPS) is 14.7. The van der Waals surface area contributed by atoms with Gasteiger partial charge in [-0.1, -0.05) is 193 Å². The number of allylic oxidation sites excluding steroid dienone is 1. The number of hydrogen-bond acceptors (Lipinski definition) is 1. The zero-order valence-electron chi connectivity index (χ0n) is 38.2. The maximum atomic E-state index is 3.58. The molecular weight excluding hydrogens is 833 g/mol. The molecule has 11 aromatic rings. The number of fused-ring (bicyclic) bond motifs is 6. The van der Waals surface area contributed by atoms with Gasteiger partial charge in [-0.05, 0) is 152 Å². The van der Waals surface area contributed by atoms with Crippen LogP contribution in [0.4, 0.5) is 11.4 Å². The van der Waals surface area contributed by atoms with Gasteiger partial charge in [0.15, 0.2) is 0 Å². The summed E-state index contributed by atoms with van der Waals surface area (Å²) in [6.07, 6.45) is 4.31. The number of anilines is 2. The summed E-state index contributed by atoms with van der Waals surface area (Å²) in [5.41, 5.74) is 23.0. The lowest BCUT2D eigenvalue weighted by Crippen LogP contribution is -2.28. The Bertz CT molecular complexity index is 3790. The Hall–Kier alpha value is -8.90. The average molecular weight is 879 g/mol. The van der Waals surface area contributed by atoms with E-state index in [0.29, 0.717) is 0 Å². The predicted octanol–water partition coefficient (Wildman–Crippen LogP) is 17.3. The van der Waals surface area contributed by atoms with Crippen LogP contribution in [-0.4, -0.2) is 10.6 Å². The van der Waals surface area contributed by atoms with E-state index in [1.54, 1.807) is 0 Å². The van der Waals surface area contributed by atoms with Crippen molar-refractivity contribution in [2.75, 3.05) is 4.90 Å². The van der Waals surface area contributed by atoms with Gasteiger partial charge >= 0.3 is 0 Å². The maximum absolute atomic E-state index is 3.58. The summed E-state index contributed by atoms with van der Waals surface area (Å²) in [4.78, 5) is 2.44. The summed E-state index contributed by atoms with van der Waals surface area (Å²) in [7, 11) is 0. The third-order valence-electron chi connectivity index (χ3n) is 14.3. The van der Waals surface area contributed by atoms with Crippen LogP contribution in [0.25, 0.3) is 94.3 Å². The fraction of sp³-hybridized carbons (Fsp3) is 0.0448. The van der Waals surface area contributed by atoms with Crippen LogP contribution in [0.3, 0.4) is 0 Å². The largest absolute Gasteiger partial charge is 0.326 e. The maximum Gasteiger partial charge on any atom is 0.106 e. The molecular formula is C67H46N2. The predicted molar refractivity (Wildman–Crippen MR) is 290 cm³/mol. The molecule has 0 radical (unpaired) electrons. The highest BCUT2D eigenvalue weighted by Gasteiger charge is 2.38. The molecule has 1 aliphatic carbocycles. The Balaban J connectivity index is 0.740. The van der Waals surface area contributed by atoms with Gasteiger partial charge < -0.3 is 9.47 Å². The topological polar surface area (TPSA) is 8.17 Å². The minimum absolute atomic E-state index is 0.0336. The highest BCUT2D eigenvalue weighted by Crippen LogP contribution is 2.48. The second-order valence-electron chi connectivity index (χ2n) is 18.4. The molecule has 69 heavy (non-hydrogen) atoms. The van der Waals surface area contributed by atoms with Crippen LogP contribution in [0.1, 0.15) is 17.0 Å². The van der Waals surface area contributed by atoms with Crippen molar-refractivity contribution in [3.8, 4) is 84.3 Å². The Kier molecular flexibility index (Phi) is 9.81. The summed E-state index contributed by atoms with van der Waals surface area (Å²) < 4.78 is 2.37. The molecule has 0 saturated heterocycles. The Labute approximate surface area is 403 Å². The first-order valence-corrected chi connectivity index (χ1v) is 23.9. The molecule has 2 aliphatic rings. The van der Waals surface area contributed by atoms with Gasteiger partial charge in [-0.2, -0.15) is 0 Å². The van der Waals surface area contributed by atoms with Crippen molar-refractivity contribution in [3.63, 3.8) is 0 Å². The Morgan fingerprint density at radius 3 is 1.29 bits per heavy atom. The number of aryl methyl sites for hydroxylation is 1. The van der Waals surface area contributed by atoms with Crippen LogP contribution in [0.2, 0.25) is 0 Å². The Morgan fingerprint density at radius 2 is 0.768 bits per heavy atom. The van der Waals surface area contributed by atoms with Crippen LogP contribution in [-0.2, 0) is 0 Å². The van der Waals surface area contributed by atoms with Crippen molar-refractivity contribution < 1.29 is 0 Å². The van der Waals surface area contributed by atoms with Crippen molar-refractivity contribution in [2.24, 2.45) is 0 Å². The molecule has 0 spiro atoms. The zero-order valence-corrected chi connectivity index (χ0v) is 38.2. The first-order valence-electron chi connectivity index (χ1n) is 23.9. The van der Waals surface area contributed by atoms with E-state index in [1.165, 1.54) is 105 Å². The van der Waals surface area contributed by atoms with Gasteiger partial charge in [-0.25, -0.2) is 0 Å². The summed E-state index contributed by atoms with van der Waals surface area (Å²) in [6.45, 7) is 2.13. The van der Waals surface area contributed by atoms with E-state index in [1.807, 2.05) is 6.08 Å². The molecule has 0 amide bonds. The number of rotatable bonds is 8. The van der Waals surface area contributed by atoms with Crippen LogP contribution >= 0.6 is 0 Å². The molecule has 2 heteroatoms. The molecule has 0 fully saturated rings. The van der Waals surface area contributed by atoms with Gasteiger partial charge in [0.05, 0.1) is 11.0 Å². The van der Waals surface area contributed by atoms with Crippen LogP contribution in [0.15, 0.2) is 249 Å². The van der Waals surface area contributed by atoms with E-state index in [-0.39, 0.29) is 12.0 Å². The van der Waals surface area contributed by atoms with Crippen LogP contribution < -0.4 is 4.90 Å². The molecule has 2 heterocycles. The molecule has 2 unspecified atom stereocenters. The molecule has 0 N–H and O–H groups in total. The molecule has 324 valence electrons. The van der Waals surface area contributed by atoms with Gasteiger partial charge in [-0.15, -0.1) is 0 Å². The van der Waals surface area contributed by atoms with Gasteiger partial charge in [0.25, 0.3) is 0 Å². The van der Waals surface area contributed by atoms with Crippen LogP contribution in [0, 0.1) is 18.8 Å². The quantitative estimate of drug-likeness (QED) is 0.138. The van der Waals surface area contributed by atoms with E-state index in [0.717, 1.165) is 11.4 Å². The monoisotopic (exact) mass is 878 g/mol. The van der Waals surface area contributed by atoms with Crippen molar-refractivity contribution >= 4 is 33.2 Å². The van der Waals surface area contributed by atoms with Gasteiger partial charge in [0, 0.05) is 33.8 Å².